The third kappa shape index (κ3) is 3.62. The first kappa shape index (κ1) is 19.2. The molecule has 1 fully saturated rings. The highest BCUT2D eigenvalue weighted by Crippen LogP contribution is 2.32. The lowest BCUT2D eigenvalue weighted by atomic mass is 10.1. The number of hydrogen-bond donors (Lipinski definition) is 1. The highest BCUT2D eigenvalue weighted by atomic mass is 16.2. The van der Waals surface area contributed by atoms with Gasteiger partial charge in [0.15, 0.2) is 5.82 Å². The molecule has 2 unspecified atom stereocenters. The Morgan fingerprint density at radius 1 is 1.34 bits per heavy atom. The maximum Gasteiger partial charge on any atom is 0.253 e. The van der Waals surface area contributed by atoms with E-state index in [0.29, 0.717) is 17.8 Å². The van der Waals surface area contributed by atoms with E-state index in [4.69, 9.17) is 0 Å². The largest absolute Gasteiger partial charge is 0.361 e. The van der Waals surface area contributed by atoms with E-state index in [1.807, 2.05) is 50.2 Å². The number of fused-ring (bicyclic) bond motifs is 1. The molecule has 3 heterocycles. The maximum atomic E-state index is 13.0. The van der Waals surface area contributed by atoms with E-state index in [1.165, 1.54) is 0 Å². The summed E-state index contributed by atoms with van der Waals surface area (Å²) in [5.74, 6) is 0.724. The molecular formula is C21H26N6O2. The van der Waals surface area contributed by atoms with Crippen LogP contribution in [-0.4, -0.2) is 66.2 Å². The molecule has 152 valence electrons. The number of benzene rings is 1. The van der Waals surface area contributed by atoms with Gasteiger partial charge >= 0.3 is 0 Å². The van der Waals surface area contributed by atoms with E-state index in [2.05, 4.69) is 20.4 Å². The highest BCUT2D eigenvalue weighted by molar-refractivity contribution is 6.05. The molecule has 1 saturated heterocycles. The van der Waals surface area contributed by atoms with Crippen LogP contribution in [-0.2, 0) is 4.79 Å². The molecule has 0 aliphatic carbocycles. The predicted octanol–water partition coefficient (Wildman–Crippen LogP) is 1.99. The summed E-state index contributed by atoms with van der Waals surface area (Å²) in [7, 11) is 3.71. The summed E-state index contributed by atoms with van der Waals surface area (Å²) in [4.78, 5) is 31.1. The number of carbonyl (C=O) groups is 2. The van der Waals surface area contributed by atoms with Gasteiger partial charge in [-0.25, -0.2) is 0 Å². The average molecular weight is 394 g/mol. The van der Waals surface area contributed by atoms with Gasteiger partial charge in [0.1, 0.15) is 6.04 Å². The van der Waals surface area contributed by atoms with Crippen LogP contribution in [0.5, 0.6) is 0 Å². The van der Waals surface area contributed by atoms with Crippen molar-refractivity contribution in [2.24, 2.45) is 0 Å². The molecule has 1 aromatic carbocycles. The fourth-order valence-corrected chi connectivity index (χ4v) is 4.09. The average Bonchev–Trinajstić information content (AvgIpc) is 3.20. The molecule has 1 aromatic heterocycles. The summed E-state index contributed by atoms with van der Waals surface area (Å²) in [5, 5.41) is 11.1. The minimum Gasteiger partial charge on any atom is -0.361 e. The molecule has 2 atom stereocenters. The molecular weight excluding hydrogens is 368 g/mol. The van der Waals surface area contributed by atoms with Crippen LogP contribution in [0, 0.1) is 0 Å². The Hall–Kier alpha value is -3.16. The number of carbonyl (C=O) groups excluding carboxylic acids is 2. The van der Waals surface area contributed by atoms with Crippen LogP contribution in [0.3, 0.4) is 0 Å². The summed E-state index contributed by atoms with van der Waals surface area (Å²) < 4.78 is 0. The van der Waals surface area contributed by atoms with Gasteiger partial charge in [-0.3, -0.25) is 9.59 Å². The second-order valence-corrected chi connectivity index (χ2v) is 7.77. The fraction of sp³-hybridized carbons (Fsp3) is 0.429. The van der Waals surface area contributed by atoms with Gasteiger partial charge < -0.3 is 20.0 Å². The van der Waals surface area contributed by atoms with Crippen molar-refractivity contribution < 1.29 is 9.59 Å². The van der Waals surface area contributed by atoms with E-state index in [1.54, 1.807) is 17.2 Å². The Bertz CT molecular complexity index is 919. The molecule has 8 heteroatoms. The summed E-state index contributed by atoms with van der Waals surface area (Å²) in [5.41, 5.74) is 2.16. The van der Waals surface area contributed by atoms with Crippen LogP contribution in [0.2, 0.25) is 0 Å². The Kier molecular flexibility index (Phi) is 5.08. The van der Waals surface area contributed by atoms with Crippen molar-refractivity contribution in [2.45, 2.75) is 31.8 Å². The zero-order chi connectivity index (χ0) is 20.5. The molecule has 2 amide bonds. The second-order valence-electron chi connectivity index (χ2n) is 7.77. The summed E-state index contributed by atoms with van der Waals surface area (Å²) in [6.45, 7) is 3.38. The minimum absolute atomic E-state index is 0.0608. The number of nitrogens with zero attached hydrogens (tertiary/aromatic N) is 5. The molecule has 0 spiro atoms. The first-order valence-electron chi connectivity index (χ1n) is 9.93. The van der Waals surface area contributed by atoms with Crippen LogP contribution >= 0.6 is 0 Å². The maximum absolute atomic E-state index is 13.0. The molecule has 0 saturated carbocycles. The van der Waals surface area contributed by atoms with Gasteiger partial charge in [-0.2, -0.15) is 5.10 Å². The quantitative estimate of drug-likeness (QED) is 0.854. The SMILES string of the molecule is CC1C(=O)Nc2cc(C(=O)N(C)CC3CCCN3c3cccnn3)ccc2N1C. The molecule has 29 heavy (non-hydrogen) atoms. The number of amides is 2. The molecule has 2 aliphatic rings. The van der Waals surface area contributed by atoms with Gasteiger partial charge in [0, 0.05) is 45.0 Å². The van der Waals surface area contributed by atoms with E-state index in [0.717, 1.165) is 30.9 Å². The van der Waals surface area contributed by atoms with Gasteiger partial charge in [-0.05, 0) is 50.1 Å². The van der Waals surface area contributed by atoms with Crippen molar-refractivity contribution in [2.75, 3.05) is 42.3 Å². The van der Waals surface area contributed by atoms with Gasteiger partial charge in [0.2, 0.25) is 5.91 Å². The third-order valence-electron chi connectivity index (χ3n) is 5.90. The van der Waals surface area contributed by atoms with E-state index < -0.39 is 0 Å². The van der Waals surface area contributed by atoms with Crippen LogP contribution < -0.4 is 15.1 Å². The van der Waals surface area contributed by atoms with Crippen LogP contribution in [0.25, 0.3) is 0 Å². The number of likely N-dealkylation sites (N-methyl/N-ethyl adjacent to an activating group) is 2. The first-order chi connectivity index (χ1) is 14.0. The molecule has 0 radical (unpaired) electrons. The van der Waals surface area contributed by atoms with Crippen molar-refractivity contribution in [3.63, 3.8) is 0 Å². The van der Waals surface area contributed by atoms with Crippen molar-refractivity contribution in [1.82, 2.24) is 15.1 Å². The fourth-order valence-electron chi connectivity index (χ4n) is 4.09. The molecule has 0 bridgehead atoms. The number of nitrogens with one attached hydrogen (secondary N) is 1. The van der Waals surface area contributed by atoms with Gasteiger partial charge in [-0.1, -0.05) is 0 Å². The lowest BCUT2D eigenvalue weighted by molar-refractivity contribution is -0.117. The van der Waals surface area contributed by atoms with Gasteiger partial charge in [0.25, 0.3) is 5.91 Å². The number of aromatic nitrogens is 2. The van der Waals surface area contributed by atoms with Gasteiger partial charge in [-0.15, -0.1) is 5.10 Å². The van der Waals surface area contributed by atoms with Crippen LogP contribution in [0.4, 0.5) is 17.2 Å². The Morgan fingerprint density at radius 3 is 2.93 bits per heavy atom. The van der Waals surface area contributed by atoms with Crippen molar-refractivity contribution in [1.29, 1.82) is 0 Å². The minimum atomic E-state index is -0.235. The summed E-state index contributed by atoms with van der Waals surface area (Å²) >= 11 is 0. The van der Waals surface area contributed by atoms with Crippen LogP contribution in [0.15, 0.2) is 36.5 Å². The lowest BCUT2D eigenvalue weighted by Crippen LogP contribution is -2.44. The lowest BCUT2D eigenvalue weighted by Gasteiger charge is -2.33. The van der Waals surface area contributed by atoms with Crippen molar-refractivity contribution >= 4 is 29.0 Å². The number of hydrogen-bond acceptors (Lipinski definition) is 6. The van der Waals surface area contributed by atoms with Crippen LogP contribution in [0.1, 0.15) is 30.1 Å². The van der Waals surface area contributed by atoms with Gasteiger partial charge in [0.05, 0.1) is 11.4 Å². The summed E-state index contributed by atoms with van der Waals surface area (Å²) in [6, 6.07) is 9.30. The normalized spacial score (nSPS) is 21.0. The molecule has 2 aliphatic heterocycles. The molecule has 4 rings (SSSR count). The zero-order valence-electron chi connectivity index (χ0n) is 17.0. The van der Waals surface area contributed by atoms with E-state index in [-0.39, 0.29) is 23.9 Å². The predicted molar refractivity (Wildman–Crippen MR) is 112 cm³/mol. The highest BCUT2D eigenvalue weighted by Gasteiger charge is 2.30. The Morgan fingerprint density at radius 2 is 2.17 bits per heavy atom. The molecule has 8 nitrogen and oxygen atoms in total. The monoisotopic (exact) mass is 394 g/mol. The van der Waals surface area contributed by atoms with Crippen molar-refractivity contribution in [3.8, 4) is 0 Å². The van der Waals surface area contributed by atoms with E-state index in [9.17, 15) is 9.59 Å². The molecule has 2 aromatic rings. The zero-order valence-corrected chi connectivity index (χ0v) is 17.0. The second kappa shape index (κ2) is 7.69. The number of rotatable bonds is 4. The standard InChI is InChI=1S/C21H26N6O2/c1-14-20(28)23-17-12-15(8-9-18(17)26(14)3)21(29)25(2)13-16-6-5-11-27(16)19-7-4-10-22-24-19/h4,7-10,12,14,16H,5-6,11,13H2,1-3H3,(H,23,28). The smallest absolute Gasteiger partial charge is 0.253 e. The summed E-state index contributed by atoms with van der Waals surface area (Å²) in [6.07, 6.45) is 3.74. The van der Waals surface area contributed by atoms with E-state index >= 15 is 0 Å². The number of anilines is 3. The first-order valence-corrected chi connectivity index (χ1v) is 9.93. The Balaban J connectivity index is 1.48. The molecule has 1 N–H and O–H groups in total. The topological polar surface area (TPSA) is 81.7 Å². The van der Waals surface area contributed by atoms with Crippen molar-refractivity contribution in [3.05, 3.63) is 42.1 Å². The third-order valence-corrected chi connectivity index (χ3v) is 5.90. The Labute approximate surface area is 170 Å².